The Labute approximate surface area is 186 Å². The first kappa shape index (κ1) is 24.0. The van der Waals surface area contributed by atoms with Gasteiger partial charge in [0, 0.05) is 18.8 Å². The van der Waals surface area contributed by atoms with Gasteiger partial charge in [-0.1, -0.05) is 6.92 Å². The molecule has 0 saturated carbocycles. The van der Waals surface area contributed by atoms with Crippen LogP contribution >= 0.6 is 0 Å². The molecule has 32 heavy (non-hydrogen) atoms. The van der Waals surface area contributed by atoms with Crippen LogP contribution in [0.4, 0.5) is 18.9 Å². The minimum Gasteiger partial charge on any atom is -0.494 e. The third kappa shape index (κ3) is 7.51. The summed E-state index contributed by atoms with van der Waals surface area (Å²) in [6.45, 7) is 4.45. The Hall–Kier alpha value is -2.61. The summed E-state index contributed by atoms with van der Waals surface area (Å²) in [6, 6.07) is 11.5. The number of halogens is 3. The summed E-state index contributed by atoms with van der Waals surface area (Å²) in [5.74, 6) is 1.02. The lowest BCUT2D eigenvalue weighted by Gasteiger charge is -2.25. The molecule has 8 heteroatoms. The van der Waals surface area contributed by atoms with E-state index in [1.807, 2.05) is 13.0 Å². The predicted octanol–water partition coefficient (Wildman–Crippen LogP) is 5.35. The Bertz CT molecular complexity index is 842. The first-order valence-corrected chi connectivity index (χ1v) is 11.0. The van der Waals surface area contributed by atoms with Crippen molar-refractivity contribution in [1.29, 1.82) is 0 Å². The lowest BCUT2D eigenvalue weighted by atomic mass is 10.1. The third-order valence-electron chi connectivity index (χ3n) is 5.33. The molecule has 0 fully saturated rings. The molecule has 2 aromatic rings. The Morgan fingerprint density at radius 1 is 1.00 bits per heavy atom. The zero-order valence-electron chi connectivity index (χ0n) is 18.2. The number of hydrogen-bond acceptors (Lipinski definition) is 5. The molecule has 1 N–H and O–H groups in total. The van der Waals surface area contributed by atoms with Crippen LogP contribution < -0.4 is 19.1 Å². The van der Waals surface area contributed by atoms with E-state index in [0.717, 1.165) is 44.5 Å². The van der Waals surface area contributed by atoms with Crippen LogP contribution in [0.25, 0.3) is 0 Å². The first-order valence-electron chi connectivity index (χ1n) is 11.0. The molecular formula is C24H30F3NO4. The molecule has 0 amide bonds. The number of benzene rings is 2. The number of fused-ring (bicyclic) bond motifs is 1. The fraction of sp³-hybridized carbons (Fsp3) is 0.500. The fourth-order valence-corrected chi connectivity index (χ4v) is 3.62. The van der Waals surface area contributed by atoms with Crippen LogP contribution in [0.3, 0.4) is 0 Å². The molecule has 1 aliphatic rings. The van der Waals surface area contributed by atoms with Crippen LogP contribution in [0.2, 0.25) is 0 Å². The van der Waals surface area contributed by atoms with Crippen LogP contribution in [0, 0.1) is 0 Å². The topological polar surface area (TPSA) is 51.2 Å². The normalized spacial score (nSPS) is 15.0. The Balaban J connectivity index is 1.50. The van der Waals surface area contributed by atoms with E-state index in [4.69, 9.17) is 9.47 Å². The van der Waals surface area contributed by atoms with Crippen LogP contribution in [-0.2, 0) is 6.42 Å². The van der Waals surface area contributed by atoms with Gasteiger partial charge in [-0.15, -0.1) is 13.2 Å². The van der Waals surface area contributed by atoms with E-state index in [2.05, 4.69) is 21.8 Å². The molecule has 0 aromatic heterocycles. The highest BCUT2D eigenvalue weighted by Crippen LogP contribution is 2.30. The van der Waals surface area contributed by atoms with Crippen molar-refractivity contribution in [3.63, 3.8) is 0 Å². The summed E-state index contributed by atoms with van der Waals surface area (Å²) in [7, 11) is 0. The highest BCUT2D eigenvalue weighted by molar-refractivity contribution is 5.57. The minimum absolute atomic E-state index is 0.265. The van der Waals surface area contributed by atoms with Crippen molar-refractivity contribution in [1.82, 2.24) is 0 Å². The molecule has 0 radical (unpaired) electrons. The highest BCUT2D eigenvalue weighted by Gasteiger charge is 2.31. The van der Waals surface area contributed by atoms with E-state index >= 15 is 0 Å². The molecule has 0 bridgehead atoms. The van der Waals surface area contributed by atoms with Gasteiger partial charge in [-0.2, -0.15) is 0 Å². The molecule has 1 atom stereocenters. The number of hydrogen-bond donors (Lipinski definition) is 1. The van der Waals surface area contributed by atoms with Gasteiger partial charge in [0.05, 0.1) is 12.7 Å². The second-order valence-electron chi connectivity index (χ2n) is 7.83. The SMILES string of the molecule is CCC(O)COc1ccc2c(c1)CCCCN2CCCOc1ccc(OC(F)(F)F)cc1. The molecule has 1 aliphatic heterocycles. The number of nitrogens with zero attached hydrogens (tertiary/aromatic N) is 1. The molecule has 0 saturated heterocycles. The van der Waals surface area contributed by atoms with Gasteiger partial charge in [0.15, 0.2) is 0 Å². The molecule has 176 valence electrons. The summed E-state index contributed by atoms with van der Waals surface area (Å²) < 4.78 is 52.0. The zero-order valence-corrected chi connectivity index (χ0v) is 18.2. The Morgan fingerprint density at radius 2 is 1.72 bits per heavy atom. The van der Waals surface area contributed by atoms with Crippen molar-refractivity contribution in [3.05, 3.63) is 48.0 Å². The number of aliphatic hydroxyl groups is 1. The molecule has 1 heterocycles. The standard InChI is InChI=1S/C24H30F3NO4/c1-2-19(29)17-31-22-11-12-23-18(16-22)6-3-4-13-28(23)14-5-15-30-20-7-9-21(10-8-20)32-24(25,26)27/h7-12,16,19,29H,2-6,13-15,17H2,1H3. The number of alkyl halides is 3. The van der Waals surface area contributed by atoms with Crippen molar-refractivity contribution < 1.29 is 32.5 Å². The Kier molecular flexibility index (Phi) is 8.50. The average Bonchev–Trinajstić information content (AvgIpc) is 2.96. The molecule has 0 spiro atoms. The van der Waals surface area contributed by atoms with Crippen molar-refractivity contribution in [3.8, 4) is 17.2 Å². The van der Waals surface area contributed by atoms with Crippen molar-refractivity contribution >= 4 is 5.69 Å². The summed E-state index contributed by atoms with van der Waals surface area (Å²) in [6.07, 6.45) is -0.530. The maximum Gasteiger partial charge on any atom is 0.573 e. The quantitative estimate of drug-likeness (QED) is 0.492. The lowest BCUT2D eigenvalue weighted by molar-refractivity contribution is -0.274. The fourth-order valence-electron chi connectivity index (χ4n) is 3.62. The van der Waals surface area contributed by atoms with Gasteiger partial charge >= 0.3 is 6.36 Å². The second-order valence-corrected chi connectivity index (χ2v) is 7.83. The van der Waals surface area contributed by atoms with Gasteiger partial charge in [-0.05, 0) is 80.1 Å². The van der Waals surface area contributed by atoms with E-state index in [1.54, 1.807) is 0 Å². The molecular weight excluding hydrogens is 423 g/mol. The minimum atomic E-state index is -4.70. The van der Waals surface area contributed by atoms with Crippen LogP contribution in [0.1, 0.15) is 38.2 Å². The zero-order chi connectivity index (χ0) is 23.0. The van der Waals surface area contributed by atoms with Crippen molar-refractivity contribution in [2.75, 3.05) is 31.2 Å². The van der Waals surface area contributed by atoms with E-state index in [-0.39, 0.29) is 5.75 Å². The summed E-state index contributed by atoms with van der Waals surface area (Å²) in [5.41, 5.74) is 2.44. The maximum absolute atomic E-state index is 12.2. The number of aryl methyl sites for hydroxylation is 1. The van der Waals surface area contributed by atoms with Gasteiger partial charge in [0.2, 0.25) is 0 Å². The highest BCUT2D eigenvalue weighted by atomic mass is 19.4. The average molecular weight is 454 g/mol. The summed E-state index contributed by atoms with van der Waals surface area (Å²) >= 11 is 0. The lowest BCUT2D eigenvalue weighted by Crippen LogP contribution is -2.26. The van der Waals surface area contributed by atoms with Gasteiger partial charge in [0.1, 0.15) is 23.9 Å². The largest absolute Gasteiger partial charge is 0.573 e. The molecule has 0 aliphatic carbocycles. The van der Waals surface area contributed by atoms with E-state index in [1.165, 1.54) is 35.5 Å². The van der Waals surface area contributed by atoms with Gasteiger partial charge < -0.3 is 24.2 Å². The number of anilines is 1. The van der Waals surface area contributed by atoms with E-state index < -0.39 is 12.5 Å². The monoisotopic (exact) mass is 453 g/mol. The van der Waals surface area contributed by atoms with Crippen molar-refractivity contribution in [2.45, 2.75) is 51.5 Å². The third-order valence-corrected chi connectivity index (χ3v) is 5.33. The maximum atomic E-state index is 12.2. The smallest absolute Gasteiger partial charge is 0.494 e. The number of aliphatic hydroxyl groups excluding tert-OH is 1. The van der Waals surface area contributed by atoms with Gasteiger partial charge in [0.25, 0.3) is 0 Å². The second kappa shape index (κ2) is 11.3. The predicted molar refractivity (Wildman–Crippen MR) is 117 cm³/mol. The van der Waals surface area contributed by atoms with Gasteiger partial charge in [-0.3, -0.25) is 0 Å². The van der Waals surface area contributed by atoms with Crippen LogP contribution in [0.15, 0.2) is 42.5 Å². The summed E-state index contributed by atoms with van der Waals surface area (Å²) in [5, 5.41) is 9.71. The van der Waals surface area contributed by atoms with Crippen molar-refractivity contribution in [2.24, 2.45) is 0 Å². The van der Waals surface area contributed by atoms with E-state index in [9.17, 15) is 18.3 Å². The first-order chi connectivity index (χ1) is 15.3. The Morgan fingerprint density at radius 3 is 2.44 bits per heavy atom. The number of rotatable bonds is 10. The summed E-state index contributed by atoms with van der Waals surface area (Å²) in [4.78, 5) is 2.34. The van der Waals surface area contributed by atoms with E-state index in [0.29, 0.717) is 25.4 Å². The number of ether oxygens (including phenoxy) is 3. The molecule has 5 nitrogen and oxygen atoms in total. The molecule has 3 rings (SSSR count). The van der Waals surface area contributed by atoms with Crippen LogP contribution in [-0.4, -0.2) is 43.9 Å². The van der Waals surface area contributed by atoms with Gasteiger partial charge in [-0.25, -0.2) is 0 Å². The van der Waals surface area contributed by atoms with Crippen LogP contribution in [0.5, 0.6) is 17.2 Å². The molecule has 2 aromatic carbocycles. The molecule has 1 unspecified atom stereocenters.